The van der Waals surface area contributed by atoms with E-state index in [1.54, 1.807) is 35.2 Å². The minimum absolute atomic E-state index is 0.0322. The van der Waals surface area contributed by atoms with Gasteiger partial charge in [-0.25, -0.2) is 23.0 Å². The van der Waals surface area contributed by atoms with Crippen LogP contribution in [0, 0.1) is 0 Å². The Morgan fingerprint density at radius 2 is 1.86 bits per heavy atom. The number of carbonyl (C=O) groups excluding carboxylic acids is 1. The lowest BCUT2D eigenvalue weighted by Gasteiger charge is -2.28. The Balaban J connectivity index is 1.51. The van der Waals surface area contributed by atoms with Crippen molar-refractivity contribution in [2.45, 2.75) is 37.8 Å². The molecule has 2 N–H and O–H groups in total. The van der Waals surface area contributed by atoms with Crippen LogP contribution in [-0.4, -0.2) is 57.6 Å². The number of fused-ring (bicyclic) bond motifs is 2. The highest BCUT2D eigenvalue weighted by atomic mass is 35.5. The van der Waals surface area contributed by atoms with Crippen LogP contribution >= 0.6 is 11.6 Å². The maximum atomic E-state index is 13.6. The third kappa shape index (κ3) is 4.84. The van der Waals surface area contributed by atoms with Crippen molar-refractivity contribution in [3.63, 3.8) is 0 Å². The van der Waals surface area contributed by atoms with Crippen molar-refractivity contribution < 1.29 is 13.2 Å². The van der Waals surface area contributed by atoms with E-state index in [1.165, 1.54) is 16.7 Å². The summed E-state index contributed by atoms with van der Waals surface area (Å²) in [7, 11) is -3.37. The Kier molecular flexibility index (Phi) is 6.28. The molecule has 0 fully saturated rings. The van der Waals surface area contributed by atoms with Gasteiger partial charge in [0.2, 0.25) is 5.95 Å². The number of hydrogen-bond acceptors (Lipinski definition) is 7. The molecule has 192 valence electrons. The van der Waals surface area contributed by atoms with Gasteiger partial charge in [-0.05, 0) is 62.7 Å². The van der Waals surface area contributed by atoms with Gasteiger partial charge < -0.3 is 15.2 Å². The minimum atomic E-state index is -3.37. The summed E-state index contributed by atoms with van der Waals surface area (Å²) in [6.45, 7) is 4.32. The average Bonchev–Trinajstić information content (AvgIpc) is 3.26. The van der Waals surface area contributed by atoms with E-state index >= 15 is 0 Å². The molecule has 3 heterocycles. The Morgan fingerprint density at radius 1 is 1.14 bits per heavy atom. The summed E-state index contributed by atoms with van der Waals surface area (Å²) in [5.74, 6) is 0.220. The lowest BCUT2D eigenvalue weighted by atomic mass is 10.1. The molecule has 4 aromatic rings. The Hall–Kier alpha value is -3.70. The van der Waals surface area contributed by atoms with Crippen LogP contribution in [0.2, 0.25) is 5.02 Å². The predicted molar refractivity (Wildman–Crippen MR) is 141 cm³/mol. The first-order valence-electron chi connectivity index (χ1n) is 11.7. The highest BCUT2D eigenvalue weighted by molar-refractivity contribution is 7.90. The lowest BCUT2D eigenvalue weighted by molar-refractivity contribution is 0.0720. The number of halogens is 1. The standard InChI is InChI=1S/C25H25ClN6O4S/c1-14(2)27-25-30-21-13-31(24(34)22-28-19-9-4-15(26)12-20(19)29-22)11-10-18(21)23(33)32(25)16-5-7-17(8-6-16)37(3,35)36/h4-9,12,14H,10-11,13H2,1-3H3,(H,27,30)(H,28,29). The van der Waals surface area contributed by atoms with Crippen LogP contribution in [0.5, 0.6) is 0 Å². The molecule has 5 rings (SSSR count). The van der Waals surface area contributed by atoms with E-state index in [0.717, 1.165) is 6.26 Å². The van der Waals surface area contributed by atoms with Gasteiger partial charge in [-0.1, -0.05) is 11.6 Å². The molecule has 1 aliphatic rings. The summed E-state index contributed by atoms with van der Waals surface area (Å²) in [6, 6.07) is 11.2. The molecule has 10 nitrogen and oxygen atoms in total. The maximum absolute atomic E-state index is 13.6. The SMILES string of the molecule is CC(C)Nc1nc2c(c(=O)n1-c1ccc(S(C)(=O)=O)cc1)CCN(C(=O)c1nc3ccc(Cl)cc3[nH]1)C2. The van der Waals surface area contributed by atoms with Gasteiger partial charge in [-0.15, -0.1) is 0 Å². The molecule has 37 heavy (non-hydrogen) atoms. The highest BCUT2D eigenvalue weighted by Gasteiger charge is 2.29. The zero-order chi connectivity index (χ0) is 26.5. The smallest absolute Gasteiger partial charge is 0.290 e. The van der Waals surface area contributed by atoms with Crippen molar-refractivity contribution in [2.24, 2.45) is 0 Å². The van der Waals surface area contributed by atoms with E-state index < -0.39 is 9.84 Å². The summed E-state index contributed by atoms with van der Waals surface area (Å²) in [6.07, 6.45) is 1.45. The normalized spacial score (nSPS) is 13.7. The van der Waals surface area contributed by atoms with Gasteiger partial charge in [0.25, 0.3) is 11.5 Å². The number of nitrogens with zero attached hydrogens (tertiary/aromatic N) is 4. The van der Waals surface area contributed by atoms with Crippen molar-refractivity contribution in [3.8, 4) is 5.69 Å². The molecule has 1 aliphatic heterocycles. The van der Waals surface area contributed by atoms with Gasteiger partial charge in [0.05, 0.1) is 33.9 Å². The maximum Gasteiger partial charge on any atom is 0.290 e. The predicted octanol–water partition coefficient (Wildman–Crippen LogP) is 3.18. The van der Waals surface area contributed by atoms with Crippen LogP contribution in [0.1, 0.15) is 35.7 Å². The number of anilines is 1. The topological polar surface area (TPSA) is 130 Å². The zero-order valence-electron chi connectivity index (χ0n) is 20.4. The number of amides is 1. The highest BCUT2D eigenvalue weighted by Crippen LogP contribution is 2.23. The van der Waals surface area contributed by atoms with Gasteiger partial charge >= 0.3 is 0 Å². The first kappa shape index (κ1) is 25.0. The molecule has 2 aromatic carbocycles. The summed E-state index contributed by atoms with van der Waals surface area (Å²) >= 11 is 6.05. The van der Waals surface area contributed by atoms with E-state index in [9.17, 15) is 18.0 Å². The van der Waals surface area contributed by atoms with Gasteiger partial charge in [0.1, 0.15) is 0 Å². The fourth-order valence-electron chi connectivity index (χ4n) is 4.33. The molecular formula is C25H25ClN6O4S. The van der Waals surface area contributed by atoms with Crippen molar-refractivity contribution in [3.05, 3.63) is 74.9 Å². The third-order valence-electron chi connectivity index (χ3n) is 6.11. The van der Waals surface area contributed by atoms with Crippen LogP contribution in [0.15, 0.2) is 52.2 Å². The second-order valence-electron chi connectivity index (χ2n) is 9.29. The molecule has 0 atom stereocenters. The molecule has 0 spiro atoms. The van der Waals surface area contributed by atoms with Crippen LogP contribution in [0.3, 0.4) is 0 Å². The van der Waals surface area contributed by atoms with Crippen molar-refractivity contribution in [2.75, 3.05) is 18.1 Å². The summed E-state index contributed by atoms with van der Waals surface area (Å²) in [4.78, 5) is 40.8. The van der Waals surface area contributed by atoms with Crippen molar-refractivity contribution >= 4 is 44.3 Å². The second-order valence-corrected chi connectivity index (χ2v) is 11.7. The number of nitrogens with one attached hydrogen (secondary N) is 2. The van der Waals surface area contributed by atoms with Crippen molar-refractivity contribution in [1.82, 2.24) is 24.4 Å². The van der Waals surface area contributed by atoms with Gasteiger partial charge in [0.15, 0.2) is 15.7 Å². The molecule has 0 radical (unpaired) electrons. The van der Waals surface area contributed by atoms with E-state index in [-0.39, 0.29) is 34.8 Å². The van der Waals surface area contributed by atoms with E-state index in [4.69, 9.17) is 16.6 Å². The first-order valence-corrected chi connectivity index (χ1v) is 13.9. The first-order chi connectivity index (χ1) is 17.5. The molecule has 2 aromatic heterocycles. The fourth-order valence-corrected chi connectivity index (χ4v) is 5.13. The number of benzene rings is 2. The number of sulfone groups is 1. The van der Waals surface area contributed by atoms with Gasteiger partial charge in [-0.3, -0.25) is 9.59 Å². The van der Waals surface area contributed by atoms with Gasteiger partial charge in [0, 0.05) is 29.4 Å². The van der Waals surface area contributed by atoms with E-state index in [0.29, 0.717) is 51.9 Å². The molecule has 1 amide bonds. The number of aromatic nitrogens is 4. The summed E-state index contributed by atoms with van der Waals surface area (Å²) in [5, 5.41) is 3.75. The van der Waals surface area contributed by atoms with Crippen molar-refractivity contribution in [1.29, 1.82) is 0 Å². The molecule has 0 unspecified atom stereocenters. The number of hydrogen-bond donors (Lipinski definition) is 2. The quantitative estimate of drug-likeness (QED) is 0.397. The average molecular weight is 541 g/mol. The van der Waals surface area contributed by atoms with Gasteiger partial charge in [-0.2, -0.15) is 0 Å². The zero-order valence-corrected chi connectivity index (χ0v) is 22.0. The lowest BCUT2D eigenvalue weighted by Crippen LogP contribution is -2.41. The molecule has 0 bridgehead atoms. The van der Waals surface area contributed by atoms with E-state index in [1.807, 2.05) is 13.8 Å². The Morgan fingerprint density at radius 3 is 2.54 bits per heavy atom. The Labute approximate surface area is 218 Å². The van der Waals surface area contributed by atoms with Crippen LogP contribution < -0.4 is 10.9 Å². The van der Waals surface area contributed by atoms with Crippen LogP contribution in [0.4, 0.5) is 5.95 Å². The van der Waals surface area contributed by atoms with Crippen LogP contribution in [0.25, 0.3) is 16.7 Å². The summed E-state index contributed by atoms with van der Waals surface area (Å²) in [5.41, 5.74) is 2.56. The number of H-pyrrole nitrogens is 1. The molecular weight excluding hydrogens is 516 g/mol. The minimum Gasteiger partial charge on any atom is -0.353 e. The molecule has 0 saturated carbocycles. The van der Waals surface area contributed by atoms with Crippen LogP contribution in [-0.2, 0) is 22.8 Å². The third-order valence-corrected chi connectivity index (χ3v) is 7.47. The summed E-state index contributed by atoms with van der Waals surface area (Å²) < 4.78 is 25.2. The monoisotopic (exact) mass is 540 g/mol. The number of rotatable bonds is 5. The largest absolute Gasteiger partial charge is 0.353 e. The number of carbonyl (C=O) groups is 1. The Bertz CT molecular complexity index is 1690. The van der Waals surface area contributed by atoms with E-state index in [2.05, 4.69) is 15.3 Å². The molecule has 0 saturated heterocycles. The number of imidazole rings is 1. The fraction of sp³-hybridized carbons (Fsp3) is 0.280. The second kappa shape index (κ2) is 9.31. The molecule has 0 aliphatic carbocycles. The number of aromatic amines is 1. The molecule has 12 heteroatoms.